The summed E-state index contributed by atoms with van der Waals surface area (Å²) in [5.41, 5.74) is 2.86. The van der Waals surface area contributed by atoms with E-state index in [4.69, 9.17) is 9.47 Å². The zero-order chi connectivity index (χ0) is 21.3. The second-order valence-electron chi connectivity index (χ2n) is 7.29. The van der Waals surface area contributed by atoms with Crippen molar-refractivity contribution < 1.29 is 19.1 Å². The minimum Gasteiger partial charge on any atom is -0.486 e. The predicted molar refractivity (Wildman–Crippen MR) is 116 cm³/mol. The van der Waals surface area contributed by atoms with E-state index in [0.29, 0.717) is 36.8 Å². The second-order valence-corrected chi connectivity index (χ2v) is 7.29. The maximum atomic E-state index is 12.5. The maximum Gasteiger partial charge on any atom is 0.220 e. The third kappa shape index (κ3) is 5.83. The molecule has 1 amide bonds. The van der Waals surface area contributed by atoms with Crippen LogP contribution in [-0.2, 0) is 17.9 Å². The van der Waals surface area contributed by atoms with Crippen LogP contribution >= 0.6 is 0 Å². The topological polar surface area (TPSA) is 67.9 Å². The van der Waals surface area contributed by atoms with Crippen molar-refractivity contribution in [3.63, 3.8) is 0 Å². The molecule has 1 aliphatic rings. The molecule has 0 saturated heterocycles. The largest absolute Gasteiger partial charge is 0.486 e. The summed E-state index contributed by atoms with van der Waals surface area (Å²) in [6, 6.07) is 13.3. The Labute approximate surface area is 178 Å². The van der Waals surface area contributed by atoms with Crippen LogP contribution < -0.4 is 14.8 Å². The van der Waals surface area contributed by atoms with Crippen LogP contribution in [0.25, 0.3) is 0 Å². The minimum absolute atomic E-state index is 0.0796. The Morgan fingerprint density at radius 2 is 1.63 bits per heavy atom. The van der Waals surface area contributed by atoms with Gasteiger partial charge in [0.25, 0.3) is 0 Å². The highest BCUT2D eigenvalue weighted by atomic mass is 16.6. The number of hydrogen-bond donors (Lipinski definition) is 1. The molecular weight excluding hydrogens is 380 g/mol. The number of Topliss-reactive ketones (excluding diaryl/α,β-unsaturated/α-hetero) is 1. The van der Waals surface area contributed by atoms with Gasteiger partial charge in [-0.15, -0.1) is 0 Å². The molecule has 0 aliphatic carbocycles. The Bertz CT molecular complexity index is 877. The summed E-state index contributed by atoms with van der Waals surface area (Å²) in [7, 11) is 0. The van der Waals surface area contributed by atoms with Crippen LogP contribution in [0.2, 0.25) is 0 Å². The Morgan fingerprint density at radius 1 is 0.933 bits per heavy atom. The zero-order valence-electron chi connectivity index (χ0n) is 17.8. The summed E-state index contributed by atoms with van der Waals surface area (Å²) in [5.74, 6) is 1.03. The fourth-order valence-corrected chi connectivity index (χ4v) is 3.44. The first-order valence-corrected chi connectivity index (χ1v) is 10.6. The molecule has 2 aromatic carbocycles. The lowest BCUT2D eigenvalue weighted by atomic mass is 10.0. The number of ether oxygens (including phenoxy) is 2. The van der Waals surface area contributed by atoms with Gasteiger partial charge >= 0.3 is 0 Å². The summed E-state index contributed by atoms with van der Waals surface area (Å²) < 4.78 is 11.0. The van der Waals surface area contributed by atoms with Crippen molar-refractivity contribution in [2.75, 3.05) is 26.3 Å². The normalized spacial score (nSPS) is 12.6. The summed E-state index contributed by atoms with van der Waals surface area (Å²) >= 11 is 0. The molecule has 0 spiro atoms. The number of nitrogens with one attached hydrogen (secondary N) is 1. The van der Waals surface area contributed by atoms with E-state index in [-0.39, 0.29) is 24.5 Å². The van der Waals surface area contributed by atoms with Crippen LogP contribution in [0.1, 0.15) is 48.2 Å². The van der Waals surface area contributed by atoms with Gasteiger partial charge in [0.2, 0.25) is 5.91 Å². The number of rotatable bonds is 10. The third-order valence-electron chi connectivity index (χ3n) is 5.33. The van der Waals surface area contributed by atoms with E-state index in [2.05, 4.69) is 30.1 Å². The van der Waals surface area contributed by atoms with Gasteiger partial charge in [-0.2, -0.15) is 0 Å². The van der Waals surface area contributed by atoms with Crippen LogP contribution in [0, 0.1) is 0 Å². The van der Waals surface area contributed by atoms with Gasteiger partial charge in [-0.05, 0) is 42.4 Å². The molecule has 6 nitrogen and oxygen atoms in total. The molecule has 0 fully saturated rings. The molecule has 0 unspecified atom stereocenters. The number of fused-ring (bicyclic) bond motifs is 1. The Hall–Kier alpha value is -2.86. The molecule has 0 radical (unpaired) electrons. The fraction of sp³-hybridized carbons (Fsp3) is 0.417. The molecule has 0 saturated carbocycles. The number of carbonyl (C=O) groups excluding carboxylic acids is 2. The Morgan fingerprint density at radius 3 is 2.37 bits per heavy atom. The quantitative estimate of drug-likeness (QED) is 0.607. The SMILES string of the molecule is CCN(CC)Cc1ccccc1CNC(=O)CCC(=O)c1ccc2c(c1)OCCO2. The lowest BCUT2D eigenvalue weighted by Gasteiger charge is -2.20. The predicted octanol–water partition coefficient (Wildman–Crippen LogP) is 3.58. The van der Waals surface area contributed by atoms with Gasteiger partial charge in [-0.25, -0.2) is 0 Å². The lowest BCUT2D eigenvalue weighted by Crippen LogP contribution is -2.26. The Kier molecular flexibility index (Phi) is 7.85. The van der Waals surface area contributed by atoms with Gasteiger partial charge < -0.3 is 14.8 Å². The summed E-state index contributed by atoms with van der Waals surface area (Å²) in [4.78, 5) is 27.1. The van der Waals surface area contributed by atoms with Crippen molar-refractivity contribution in [2.24, 2.45) is 0 Å². The molecular formula is C24H30N2O4. The average molecular weight is 411 g/mol. The fourth-order valence-electron chi connectivity index (χ4n) is 3.44. The van der Waals surface area contributed by atoms with Gasteiger partial charge in [0.15, 0.2) is 17.3 Å². The maximum absolute atomic E-state index is 12.5. The van der Waals surface area contributed by atoms with Crippen LogP contribution in [0.5, 0.6) is 11.5 Å². The molecule has 0 aromatic heterocycles. The number of benzene rings is 2. The van der Waals surface area contributed by atoms with E-state index in [1.165, 1.54) is 5.56 Å². The molecule has 3 rings (SSSR count). The first-order chi connectivity index (χ1) is 14.6. The molecule has 30 heavy (non-hydrogen) atoms. The van der Waals surface area contributed by atoms with E-state index in [1.54, 1.807) is 18.2 Å². The molecule has 0 atom stereocenters. The molecule has 0 bridgehead atoms. The first-order valence-electron chi connectivity index (χ1n) is 10.6. The van der Waals surface area contributed by atoms with Crippen LogP contribution in [0.3, 0.4) is 0 Å². The number of nitrogens with zero attached hydrogens (tertiary/aromatic N) is 1. The van der Waals surface area contributed by atoms with Crippen molar-refractivity contribution >= 4 is 11.7 Å². The van der Waals surface area contributed by atoms with E-state index in [9.17, 15) is 9.59 Å². The summed E-state index contributed by atoms with van der Waals surface area (Å²) in [6.45, 7) is 8.58. The van der Waals surface area contributed by atoms with Crippen molar-refractivity contribution in [1.29, 1.82) is 0 Å². The van der Waals surface area contributed by atoms with Gasteiger partial charge in [0.1, 0.15) is 13.2 Å². The van der Waals surface area contributed by atoms with Gasteiger partial charge in [0, 0.05) is 31.5 Å². The summed E-state index contributed by atoms with van der Waals surface area (Å²) in [6.07, 6.45) is 0.318. The first kappa shape index (κ1) is 21.8. The minimum atomic E-state index is -0.126. The van der Waals surface area contributed by atoms with Crippen LogP contribution in [0.15, 0.2) is 42.5 Å². The van der Waals surface area contributed by atoms with E-state index in [0.717, 1.165) is 25.2 Å². The van der Waals surface area contributed by atoms with Crippen molar-refractivity contribution in [3.05, 3.63) is 59.2 Å². The third-order valence-corrected chi connectivity index (χ3v) is 5.33. The van der Waals surface area contributed by atoms with Gasteiger partial charge in [0.05, 0.1) is 0 Å². The van der Waals surface area contributed by atoms with Crippen molar-refractivity contribution in [1.82, 2.24) is 10.2 Å². The molecule has 2 aromatic rings. The number of amides is 1. The monoisotopic (exact) mass is 410 g/mol. The number of hydrogen-bond acceptors (Lipinski definition) is 5. The average Bonchev–Trinajstić information content (AvgIpc) is 2.79. The number of ketones is 1. The van der Waals surface area contributed by atoms with E-state index < -0.39 is 0 Å². The molecule has 1 heterocycles. The molecule has 1 aliphatic heterocycles. The molecule has 160 valence electrons. The lowest BCUT2D eigenvalue weighted by molar-refractivity contribution is -0.121. The molecule has 6 heteroatoms. The van der Waals surface area contributed by atoms with E-state index in [1.807, 2.05) is 18.2 Å². The van der Waals surface area contributed by atoms with E-state index >= 15 is 0 Å². The second kappa shape index (κ2) is 10.8. The van der Waals surface area contributed by atoms with Crippen molar-refractivity contribution in [2.45, 2.75) is 39.8 Å². The highest BCUT2D eigenvalue weighted by Crippen LogP contribution is 2.31. The van der Waals surface area contributed by atoms with Gasteiger partial charge in [-0.1, -0.05) is 38.1 Å². The highest BCUT2D eigenvalue weighted by molar-refractivity contribution is 5.98. The standard InChI is InChI=1S/C24H30N2O4/c1-3-26(4-2)17-20-8-6-5-7-19(20)16-25-24(28)12-10-21(27)18-9-11-22-23(15-18)30-14-13-29-22/h5-9,11,15H,3-4,10,12-14,16-17H2,1-2H3,(H,25,28). The zero-order valence-corrected chi connectivity index (χ0v) is 17.8. The number of carbonyl (C=O) groups is 2. The molecule has 1 N–H and O–H groups in total. The van der Waals surface area contributed by atoms with Gasteiger partial charge in [-0.3, -0.25) is 14.5 Å². The van der Waals surface area contributed by atoms with Crippen molar-refractivity contribution in [3.8, 4) is 11.5 Å². The smallest absolute Gasteiger partial charge is 0.220 e. The summed E-state index contributed by atoms with van der Waals surface area (Å²) in [5, 5.41) is 2.95. The Balaban J connectivity index is 1.50. The highest BCUT2D eigenvalue weighted by Gasteiger charge is 2.16. The van der Waals surface area contributed by atoms with Crippen LogP contribution in [-0.4, -0.2) is 42.9 Å². The van der Waals surface area contributed by atoms with Crippen LogP contribution in [0.4, 0.5) is 0 Å².